The fourth-order valence-corrected chi connectivity index (χ4v) is 3.71. The number of aryl methyl sites for hydroxylation is 3. The number of hydrogen-bond donors (Lipinski definition) is 2. The van der Waals surface area contributed by atoms with Crippen LogP contribution in [0.15, 0.2) is 18.2 Å². The predicted molar refractivity (Wildman–Crippen MR) is 107 cm³/mol. The Hall–Kier alpha value is -2.12. The molecule has 2 rings (SSSR count). The van der Waals surface area contributed by atoms with Crippen LogP contribution in [0.1, 0.15) is 52.1 Å². The molecule has 0 atom stereocenters. The lowest BCUT2D eigenvalue weighted by Gasteiger charge is -2.10. The molecule has 0 fully saturated rings. The van der Waals surface area contributed by atoms with Crippen molar-refractivity contribution in [3.8, 4) is 5.75 Å². The standard InChI is InChI=1S/C19H24ClN3O3S/c1-4-6-17-21-13(3)18(27-17)19(25)23-22-16(24)7-5-10-26-15-9-8-14(20)11-12(15)2/h8-9,11H,4-7,10H2,1-3H3,(H,22,24)(H,23,25). The Labute approximate surface area is 168 Å². The predicted octanol–water partition coefficient (Wildman–Crippen LogP) is 3.99. The third-order valence-corrected chi connectivity index (χ3v) is 5.22. The molecule has 0 unspecified atom stereocenters. The van der Waals surface area contributed by atoms with Crippen LogP contribution < -0.4 is 15.6 Å². The first-order valence-corrected chi connectivity index (χ1v) is 10.0. The van der Waals surface area contributed by atoms with E-state index >= 15 is 0 Å². The molecule has 0 radical (unpaired) electrons. The largest absolute Gasteiger partial charge is 0.493 e. The fourth-order valence-electron chi connectivity index (χ4n) is 2.42. The molecule has 1 aromatic heterocycles. The molecule has 2 amide bonds. The number of nitrogens with zero attached hydrogens (tertiary/aromatic N) is 1. The summed E-state index contributed by atoms with van der Waals surface area (Å²) < 4.78 is 5.65. The van der Waals surface area contributed by atoms with Crippen LogP contribution in [0.4, 0.5) is 0 Å². The normalized spacial score (nSPS) is 10.5. The second-order valence-corrected chi connectivity index (χ2v) is 7.66. The molecule has 27 heavy (non-hydrogen) atoms. The van der Waals surface area contributed by atoms with Gasteiger partial charge in [-0.25, -0.2) is 4.98 Å². The molecule has 0 aliphatic heterocycles. The van der Waals surface area contributed by atoms with Crippen molar-refractivity contribution in [2.24, 2.45) is 0 Å². The first-order valence-electron chi connectivity index (χ1n) is 8.85. The second kappa shape index (κ2) is 10.3. The van der Waals surface area contributed by atoms with Crippen molar-refractivity contribution in [1.29, 1.82) is 0 Å². The first-order chi connectivity index (χ1) is 12.9. The van der Waals surface area contributed by atoms with Gasteiger partial charge in [-0.1, -0.05) is 18.5 Å². The van der Waals surface area contributed by atoms with E-state index < -0.39 is 0 Å². The zero-order valence-electron chi connectivity index (χ0n) is 15.7. The molecule has 0 aliphatic rings. The van der Waals surface area contributed by atoms with E-state index in [4.69, 9.17) is 16.3 Å². The number of hydrazine groups is 1. The molecule has 8 heteroatoms. The maximum absolute atomic E-state index is 12.2. The molecule has 0 saturated heterocycles. The van der Waals surface area contributed by atoms with Crippen molar-refractivity contribution >= 4 is 34.8 Å². The molecule has 0 bridgehead atoms. The van der Waals surface area contributed by atoms with E-state index in [1.807, 2.05) is 19.1 Å². The lowest BCUT2D eigenvalue weighted by atomic mass is 10.2. The van der Waals surface area contributed by atoms with Gasteiger partial charge in [-0.2, -0.15) is 0 Å². The van der Waals surface area contributed by atoms with Crippen molar-refractivity contribution in [2.75, 3.05) is 6.61 Å². The van der Waals surface area contributed by atoms with Crippen LogP contribution in [-0.4, -0.2) is 23.4 Å². The van der Waals surface area contributed by atoms with E-state index in [0.717, 1.165) is 29.2 Å². The van der Waals surface area contributed by atoms with Crippen LogP contribution in [0.5, 0.6) is 5.75 Å². The van der Waals surface area contributed by atoms with E-state index in [0.29, 0.717) is 28.6 Å². The van der Waals surface area contributed by atoms with Crippen molar-refractivity contribution in [3.63, 3.8) is 0 Å². The number of carbonyl (C=O) groups excluding carboxylic acids is 2. The summed E-state index contributed by atoms with van der Waals surface area (Å²) in [4.78, 5) is 29.0. The number of halogens is 1. The summed E-state index contributed by atoms with van der Waals surface area (Å²) in [6.07, 6.45) is 2.60. The summed E-state index contributed by atoms with van der Waals surface area (Å²) >= 11 is 7.27. The Kier molecular flexibility index (Phi) is 8.06. The number of aromatic nitrogens is 1. The van der Waals surface area contributed by atoms with Gasteiger partial charge in [-0.05, 0) is 56.9 Å². The molecule has 0 spiro atoms. The highest BCUT2D eigenvalue weighted by Gasteiger charge is 2.15. The second-order valence-electron chi connectivity index (χ2n) is 6.14. The third-order valence-electron chi connectivity index (χ3n) is 3.77. The number of thiazole rings is 1. The molecule has 146 valence electrons. The van der Waals surface area contributed by atoms with Gasteiger partial charge in [0.25, 0.3) is 5.91 Å². The number of carbonyl (C=O) groups is 2. The zero-order valence-corrected chi connectivity index (χ0v) is 17.3. The average molecular weight is 410 g/mol. The number of benzene rings is 1. The van der Waals surface area contributed by atoms with E-state index in [1.54, 1.807) is 13.0 Å². The van der Waals surface area contributed by atoms with E-state index in [2.05, 4.69) is 22.8 Å². The summed E-state index contributed by atoms with van der Waals surface area (Å²) in [7, 11) is 0. The van der Waals surface area contributed by atoms with E-state index in [1.165, 1.54) is 11.3 Å². The van der Waals surface area contributed by atoms with Crippen LogP contribution in [0.2, 0.25) is 5.02 Å². The van der Waals surface area contributed by atoms with Gasteiger partial charge in [0.05, 0.1) is 17.3 Å². The van der Waals surface area contributed by atoms with Crippen LogP contribution in [-0.2, 0) is 11.2 Å². The minimum atomic E-state index is -0.339. The van der Waals surface area contributed by atoms with Gasteiger partial charge in [0.2, 0.25) is 5.91 Å². The van der Waals surface area contributed by atoms with Crippen LogP contribution >= 0.6 is 22.9 Å². The quantitative estimate of drug-likeness (QED) is 0.510. The number of ether oxygens (including phenoxy) is 1. The summed E-state index contributed by atoms with van der Waals surface area (Å²) in [6, 6.07) is 5.40. The van der Waals surface area contributed by atoms with E-state index in [9.17, 15) is 9.59 Å². The maximum Gasteiger partial charge on any atom is 0.281 e. The van der Waals surface area contributed by atoms with Gasteiger partial charge in [0.1, 0.15) is 10.6 Å². The van der Waals surface area contributed by atoms with E-state index in [-0.39, 0.29) is 18.2 Å². The Morgan fingerprint density at radius 2 is 2.04 bits per heavy atom. The minimum absolute atomic E-state index is 0.246. The summed E-state index contributed by atoms with van der Waals surface area (Å²) in [6.45, 7) is 6.17. The van der Waals surface area contributed by atoms with Gasteiger partial charge in [-0.3, -0.25) is 20.4 Å². The Balaban J connectivity index is 1.70. The Morgan fingerprint density at radius 1 is 1.26 bits per heavy atom. The molecule has 1 aromatic carbocycles. The number of hydrogen-bond acceptors (Lipinski definition) is 5. The smallest absolute Gasteiger partial charge is 0.281 e. The van der Waals surface area contributed by atoms with Crippen molar-refractivity contribution in [3.05, 3.63) is 44.4 Å². The highest BCUT2D eigenvalue weighted by atomic mass is 35.5. The first kappa shape index (κ1) is 21.2. The SMILES string of the molecule is CCCc1nc(C)c(C(=O)NNC(=O)CCCOc2ccc(Cl)cc2C)s1. The number of nitrogens with one attached hydrogen (secondary N) is 2. The van der Waals surface area contributed by atoms with Crippen molar-refractivity contribution in [2.45, 2.75) is 46.5 Å². The van der Waals surface area contributed by atoms with Crippen LogP contribution in [0, 0.1) is 13.8 Å². The number of amides is 2. The minimum Gasteiger partial charge on any atom is -0.493 e. The Morgan fingerprint density at radius 3 is 2.74 bits per heavy atom. The van der Waals surface area contributed by atoms with Gasteiger partial charge in [-0.15, -0.1) is 11.3 Å². The summed E-state index contributed by atoms with van der Waals surface area (Å²) in [5.41, 5.74) is 6.51. The molecule has 1 heterocycles. The molecular weight excluding hydrogens is 386 g/mol. The number of rotatable bonds is 8. The lowest BCUT2D eigenvalue weighted by molar-refractivity contribution is -0.122. The molecule has 0 saturated carbocycles. The fraction of sp³-hybridized carbons (Fsp3) is 0.421. The van der Waals surface area contributed by atoms with Gasteiger partial charge in [0, 0.05) is 11.4 Å². The Bertz CT molecular complexity index is 807. The lowest BCUT2D eigenvalue weighted by Crippen LogP contribution is -2.41. The molecule has 0 aliphatic carbocycles. The monoisotopic (exact) mass is 409 g/mol. The van der Waals surface area contributed by atoms with Crippen molar-refractivity contribution < 1.29 is 14.3 Å². The average Bonchev–Trinajstić information content (AvgIpc) is 2.99. The van der Waals surface area contributed by atoms with Gasteiger partial charge in [0.15, 0.2) is 0 Å². The highest BCUT2D eigenvalue weighted by Crippen LogP contribution is 2.22. The summed E-state index contributed by atoms with van der Waals surface area (Å²) in [5, 5.41) is 1.59. The molecule has 2 N–H and O–H groups in total. The molecule has 6 nitrogen and oxygen atoms in total. The highest BCUT2D eigenvalue weighted by molar-refractivity contribution is 7.13. The van der Waals surface area contributed by atoms with Crippen LogP contribution in [0.3, 0.4) is 0 Å². The summed E-state index contributed by atoms with van der Waals surface area (Å²) in [5.74, 6) is 0.140. The molecule has 2 aromatic rings. The van der Waals surface area contributed by atoms with Gasteiger partial charge >= 0.3 is 0 Å². The van der Waals surface area contributed by atoms with Crippen LogP contribution in [0.25, 0.3) is 0 Å². The topological polar surface area (TPSA) is 80.3 Å². The zero-order chi connectivity index (χ0) is 19.8. The third kappa shape index (κ3) is 6.52. The van der Waals surface area contributed by atoms with Gasteiger partial charge < -0.3 is 4.74 Å². The van der Waals surface area contributed by atoms with Crippen molar-refractivity contribution in [1.82, 2.24) is 15.8 Å². The maximum atomic E-state index is 12.2. The molecular formula is C19H24ClN3O3S.